The number of rotatable bonds is 22. The molecular weight excluding hydrogens is 592 g/mol. The van der Waals surface area contributed by atoms with Crippen LogP contribution in [-0.2, 0) is 66.7 Å². The maximum atomic E-state index is 12.1. The minimum absolute atomic E-state index is 0.101. The molecule has 1 heterocycles. The SMILES string of the molecule is CC(=O)N[C@H]1[C@H](OCCCCC(=O)NCCOCCOCCOCC(=O)O)O[C@H](COC(C)=O)[C@H](OC(C)=O)[C@@H]1OC(C)=O. The third kappa shape index (κ3) is 17.7. The van der Waals surface area contributed by atoms with Crippen LogP contribution in [0.15, 0.2) is 0 Å². The van der Waals surface area contributed by atoms with Gasteiger partial charge in [0.1, 0.15) is 25.4 Å². The molecule has 17 heteroatoms. The van der Waals surface area contributed by atoms with Crippen molar-refractivity contribution in [3.8, 4) is 0 Å². The number of nitrogens with one attached hydrogen (secondary N) is 2. The van der Waals surface area contributed by atoms with E-state index in [1.54, 1.807) is 0 Å². The molecule has 0 aromatic heterocycles. The molecule has 252 valence electrons. The van der Waals surface area contributed by atoms with Crippen LogP contribution in [-0.4, -0.2) is 131 Å². The Morgan fingerprint density at radius 2 is 1.36 bits per heavy atom. The Hall–Kier alpha value is -3.38. The molecule has 0 aromatic carbocycles. The van der Waals surface area contributed by atoms with Crippen molar-refractivity contribution in [1.82, 2.24) is 10.6 Å². The topological polar surface area (TPSA) is 221 Å². The smallest absolute Gasteiger partial charge is 0.329 e. The van der Waals surface area contributed by atoms with Crippen molar-refractivity contribution in [2.45, 2.75) is 77.6 Å². The molecule has 1 fully saturated rings. The van der Waals surface area contributed by atoms with Gasteiger partial charge in [0.05, 0.1) is 33.0 Å². The predicted molar refractivity (Wildman–Crippen MR) is 147 cm³/mol. The summed E-state index contributed by atoms with van der Waals surface area (Å²) < 4.78 is 43.0. The van der Waals surface area contributed by atoms with Crippen LogP contribution in [0, 0.1) is 0 Å². The number of unbranched alkanes of at least 4 members (excludes halogenated alkanes) is 1. The Morgan fingerprint density at radius 1 is 0.750 bits per heavy atom. The highest BCUT2D eigenvalue weighted by Crippen LogP contribution is 2.28. The highest BCUT2D eigenvalue weighted by atomic mass is 16.7. The lowest BCUT2D eigenvalue weighted by Crippen LogP contribution is -2.66. The largest absolute Gasteiger partial charge is 0.480 e. The molecule has 17 nitrogen and oxygen atoms in total. The van der Waals surface area contributed by atoms with Crippen LogP contribution in [0.1, 0.15) is 47.0 Å². The summed E-state index contributed by atoms with van der Waals surface area (Å²) in [6.07, 6.45) is -3.55. The molecule has 44 heavy (non-hydrogen) atoms. The number of carbonyl (C=O) groups is 6. The summed E-state index contributed by atoms with van der Waals surface area (Å²) in [5, 5.41) is 13.8. The maximum absolute atomic E-state index is 12.1. The van der Waals surface area contributed by atoms with Crippen molar-refractivity contribution in [3.63, 3.8) is 0 Å². The first-order valence-electron chi connectivity index (χ1n) is 14.1. The van der Waals surface area contributed by atoms with E-state index in [1.807, 2.05) is 0 Å². The average molecular weight is 637 g/mol. The number of amides is 2. The third-order valence-electron chi connectivity index (χ3n) is 5.69. The standard InChI is InChI=1S/C27H44N2O15/c1-17(30)29-24-26(43-20(4)33)25(42-19(3)32)21(15-41-18(2)31)44-27(24)40-9-6-5-7-22(34)28-8-10-37-11-12-38-13-14-39-16-23(35)36/h21,24-27H,5-16H2,1-4H3,(H,28,34)(H,29,30)(H,35,36)/t21-,24-,25+,26-,27-/m1/s1. The van der Waals surface area contributed by atoms with E-state index in [0.717, 1.165) is 13.8 Å². The first kappa shape index (κ1) is 38.6. The van der Waals surface area contributed by atoms with Gasteiger partial charge in [0.2, 0.25) is 11.8 Å². The van der Waals surface area contributed by atoms with E-state index in [9.17, 15) is 28.8 Å². The summed E-state index contributed by atoms with van der Waals surface area (Å²) in [6, 6.07) is -1.06. The number of aliphatic carboxylic acids is 1. The highest BCUT2D eigenvalue weighted by molar-refractivity contribution is 5.75. The van der Waals surface area contributed by atoms with Crippen LogP contribution in [0.3, 0.4) is 0 Å². The molecule has 0 bridgehead atoms. The van der Waals surface area contributed by atoms with Gasteiger partial charge in [-0.15, -0.1) is 0 Å². The van der Waals surface area contributed by atoms with Crippen LogP contribution in [0.2, 0.25) is 0 Å². The lowest BCUT2D eigenvalue weighted by Gasteiger charge is -2.44. The van der Waals surface area contributed by atoms with Crippen LogP contribution < -0.4 is 10.6 Å². The number of esters is 3. The van der Waals surface area contributed by atoms with Crippen molar-refractivity contribution in [2.75, 3.05) is 59.4 Å². The van der Waals surface area contributed by atoms with Gasteiger partial charge >= 0.3 is 23.9 Å². The molecule has 0 unspecified atom stereocenters. The molecule has 0 spiro atoms. The minimum Gasteiger partial charge on any atom is -0.480 e. The number of carbonyl (C=O) groups excluding carboxylic acids is 5. The van der Waals surface area contributed by atoms with E-state index < -0.39 is 60.4 Å². The Balaban J connectivity index is 2.50. The van der Waals surface area contributed by atoms with Crippen LogP contribution >= 0.6 is 0 Å². The molecule has 5 atom stereocenters. The van der Waals surface area contributed by atoms with Crippen molar-refractivity contribution in [2.24, 2.45) is 0 Å². The zero-order valence-electron chi connectivity index (χ0n) is 25.5. The Labute approximate surface area is 255 Å². The second-order valence-electron chi connectivity index (χ2n) is 9.57. The number of carboxylic acid groups (broad SMARTS) is 1. The molecule has 1 aliphatic heterocycles. The van der Waals surface area contributed by atoms with Gasteiger partial charge in [-0.25, -0.2) is 4.79 Å². The predicted octanol–water partition coefficient (Wildman–Crippen LogP) is -0.920. The van der Waals surface area contributed by atoms with E-state index in [2.05, 4.69) is 10.6 Å². The third-order valence-corrected chi connectivity index (χ3v) is 5.69. The van der Waals surface area contributed by atoms with Crippen molar-refractivity contribution in [3.05, 3.63) is 0 Å². The molecular formula is C27H44N2O15. The first-order chi connectivity index (χ1) is 20.9. The summed E-state index contributed by atoms with van der Waals surface area (Å²) in [7, 11) is 0. The number of ether oxygens (including phenoxy) is 8. The lowest BCUT2D eigenvalue weighted by atomic mass is 9.96. The Bertz CT molecular complexity index is 931. The van der Waals surface area contributed by atoms with Gasteiger partial charge in [-0.3, -0.25) is 24.0 Å². The molecule has 2 amide bonds. The number of carboxylic acids is 1. The molecule has 1 rings (SSSR count). The van der Waals surface area contributed by atoms with E-state index in [4.69, 9.17) is 43.0 Å². The zero-order chi connectivity index (χ0) is 32.9. The van der Waals surface area contributed by atoms with Gasteiger partial charge in [0, 0.05) is 47.3 Å². The summed E-state index contributed by atoms with van der Waals surface area (Å²) in [5.41, 5.74) is 0. The van der Waals surface area contributed by atoms with Gasteiger partial charge in [0.15, 0.2) is 18.5 Å². The Kier molecular flexibility index (Phi) is 19.5. The molecule has 0 radical (unpaired) electrons. The monoisotopic (exact) mass is 636 g/mol. The van der Waals surface area contributed by atoms with Crippen LogP contribution in [0.5, 0.6) is 0 Å². The zero-order valence-corrected chi connectivity index (χ0v) is 25.5. The van der Waals surface area contributed by atoms with Gasteiger partial charge in [-0.05, 0) is 12.8 Å². The fraction of sp³-hybridized carbons (Fsp3) is 0.778. The average Bonchev–Trinajstić information content (AvgIpc) is 2.92. The van der Waals surface area contributed by atoms with Crippen molar-refractivity contribution < 1.29 is 71.8 Å². The summed E-state index contributed by atoms with van der Waals surface area (Å²) in [6.45, 7) is 5.72. The van der Waals surface area contributed by atoms with E-state index >= 15 is 0 Å². The summed E-state index contributed by atoms with van der Waals surface area (Å²) >= 11 is 0. The molecule has 1 aliphatic rings. The van der Waals surface area contributed by atoms with Crippen LogP contribution in [0.25, 0.3) is 0 Å². The second kappa shape index (κ2) is 22.2. The molecule has 0 saturated carbocycles. The Morgan fingerprint density at radius 3 is 1.95 bits per heavy atom. The molecule has 0 aliphatic carbocycles. The molecule has 1 saturated heterocycles. The van der Waals surface area contributed by atoms with E-state index in [0.29, 0.717) is 32.6 Å². The number of hydrogen-bond acceptors (Lipinski definition) is 14. The highest BCUT2D eigenvalue weighted by Gasteiger charge is 2.51. The van der Waals surface area contributed by atoms with Crippen molar-refractivity contribution in [1.29, 1.82) is 0 Å². The lowest BCUT2D eigenvalue weighted by molar-refractivity contribution is -0.277. The van der Waals surface area contributed by atoms with Gasteiger partial charge in [0.25, 0.3) is 0 Å². The van der Waals surface area contributed by atoms with E-state index in [-0.39, 0.29) is 52.0 Å². The maximum Gasteiger partial charge on any atom is 0.329 e. The van der Waals surface area contributed by atoms with Gasteiger partial charge in [-0.1, -0.05) is 0 Å². The van der Waals surface area contributed by atoms with E-state index in [1.165, 1.54) is 13.8 Å². The quantitative estimate of drug-likeness (QED) is 0.0743. The van der Waals surface area contributed by atoms with Gasteiger partial charge in [-0.2, -0.15) is 0 Å². The normalized spacial score (nSPS) is 21.1. The number of hydrogen-bond donors (Lipinski definition) is 3. The van der Waals surface area contributed by atoms with Gasteiger partial charge < -0.3 is 53.6 Å². The summed E-state index contributed by atoms with van der Waals surface area (Å²) in [5.74, 6) is -3.75. The molecule has 0 aromatic rings. The van der Waals surface area contributed by atoms with Crippen molar-refractivity contribution >= 4 is 35.7 Å². The second-order valence-corrected chi connectivity index (χ2v) is 9.57. The summed E-state index contributed by atoms with van der Waals surface area (Å²) in [4.78, 5) is 69.5. The fourth-order valence-corrected chi connectivity index (χ4v) is 3.97. The fourth-order valence-electron chi connectivity index (χ4n) is 3.97. The first-order valence-corrected chi connectivity index (χ1v) is 14.1. The minimum atomic E-state index is -1.21. The van der Waals surface area contributed by atoms with Crippen LogP contribution in [0.4, 0.5) is 0 Å². The molecule has 3 N–H and O–H groups in total.